The van der Waals surface area contributed by atoms with Gasteiger partial charge in [0, 0.05) is 30.7 Å². The third-order valence-electron chi connectivity index (χ3n) is 5.37. The number of nitrogens with one attached hydrogen (secondary N) is 1. The molecule has 0 amide bonds. The zero-order valence-electron chi connectivity index (χ0n) is 18.6. The molecule has 0 radical (unpaired) electrons. The number of hydrogen-bond acceptors (Lipinski definition) is 7. The number of ether oxygens (including phenoxy) is 2. The van der Waals surface area contributed by atoms with Gasteiger partial charge in [0.1, 0.15) is 16.8 Å². The van der Waals surface area contributed by atoms with Crippen LogP contribution in [0.1, 0.15) is 43.0 Å². The lowest BCUT2D eigenvalue weighted by atomic mass is 10.0. The molecule has 5 nitrogen and oxygen atoms in total. The molecule has 1 heterocycles. The molecule has 0 bridgehead atoms. The van der Waals surface area contributed by atoms with Crippen LogP contribution in [0, 0.1) is 11.3 Å². The molecule has 7 heteroatoms. The molecular weight excluding hydrogens is 438 g/mol. The maximum Gasteiger partial charge on any atom is 0.137 e. The van der Waals surface area contributed by atoms with Crippen LogP contribution in [-0.4, -0.2) is 30.6 Å². The van der Waals surface area contributed by atoms with E-state index in [1.54, 1.807) is 30.4 Å². The predicted molar refractivity (Wildman–Crippen MR) is 132 cm³/mol. The second-order valence-electron chi connectivity index (χ2n) is 7.94. The van der Waals surface area contributed by atoms with Crippen molar-refractivity contribution in [3.63, 3.8) is 0 Å². The van der Waals surface area contributed by atoms with Gasteiger partial charge in [0.2, 0.25) is 0 Å². The van der Waals surface area contributed by atoms with E-state index in [9.17, 15) is 5.26 Å². The molecule has 2 aromatic carbocycles. The summed E-state index contributed by atoms with van der Waals surface area (Å²) in [4.78, 5) is 5.84. The number of thiazole rings is 1. The van der Waals surface area contributed by atoms with E-state index in [0.717, 1.165) is 40.6 Å². The van der Waals surface area contributed by atoms with Crippen molar-refractivity contribution in [3.8, 4) is 32.8 Å². The summed E-state index contributed by atoms with van der Waals surface area (Å²) in [6.45, 7) is 4.66. The van der Waals surface area contributed by atoms with Gasteiger partial charge in [-0.1, -0.05) is 30.1 Å². The molecule has 4 rings (SSSR count). The summed E-state index contributed by atoms with van der Waals surface area (Å²) < 4.78 is 14.5. The van der Waals surface area contributed by atoms with Gasteiger partial charge in [-0.3, -0.25) is 4.72 Å². The highest BCUT2D eigenvalue weighted by atomic mass is 32.2. The summed E-state index contributed by atoms with van der Waals surface area (Å²) in [5.41, 5.74) is 5.52. The Morgan fingerprint density at radius 3 is 2.97 bits per heavy atom. The quantitative estimate of drug-likeness (QED) is 0.308. The van der Waals surface area contributed by atoms with Crippen molar-refractivity contribution in [1.82, 2.24) is 9.71 Å². The molecule has 1 unspecified atom stereocenters. The number of hydrogen-bond donors (Lipinski definition) is 1. The molecule has 1 aliphatic carbocycles. The number of benzene rings is 2. The highest BCUT2D eigenvalue weighted by Crippen LogP contribution is 2.41. The minimum Gasteiger partial charge on any atom is -0.490 e. The van der Waals surface area contributed by atoms with Crippen molar-refractivity contribution < 1.29 is 9.47 Å². The Hall–Kier alpha value is -2.37. The number of nitrogens with zero attached hydrogens (tertiary/aromatic N) is 2. The summed E-state index contributed by atoms with van der Waals surface area (Å²) in [6.07, 6.45) is 4.13. The van der Waals surface area contributed by atoms with Crippen LogP contribution in [0.2, 0.25) is 0 Å². The lowest BCUT2D eigenvalue weighted by molar-refractivity contribution is 0.218. The van der Waals surface area contributed by atoms with Gasteiger partial charge >= 0.3 is 0 Å². The summed E-state index contributed by atoms with van der Waals surface area (Å²) in [7, 11) is 1.73. The average Bonchev–Trinajstić information content (AvgIpc) is 3.44. The van der Waals surface area contributed by atoms with E-state index < -0.39 is 0 Å². The highest BCUT2D eigenvalue weighted by molar-refractivity contribution is 7.97. The van der Waals surface area contributed by atoms with Gasteiger partial charge in [-0.2, -0.15) is 5.26 Å². The molecule has 0 fully saturated rings. The van der Waals surface area contributed by atoms with Crippen LogP contribution < -0.4 is 9.46 Å². The molecule has 0 saturated heterocycles. The van der Waals surface area contributed by atoms with E-state index in [2.05, 4.69) is 34.0 Å². The standard InChI is InChI=1S/C25H27N3O2S2/c1-16(2)30-23-10-7-17(13-18(23)14-26)25-27-15-24(32-25)21-6-4-5-20-19(21)8-9-22(20)28-31-12-11-29-3/h4-7,10,13,15-16,22,28H,8-9,11-12H2,1-3H3. The maximum atomic E-state index is 9.55. The largest absolute Gasteiger partial charge is 0.490 e. The Kier molecular flexibility index (Phi) is 7.48. The van der Waals surface area contributed by atoms with E-state index >= 15 is 0 Å². The van der Waals surface area contributed by atoms with Crippen molar-refractivity contribution in [2.75, 3.05) is 19.5 Å². The summed E-state index contributed by atoms with van der Waals surface area (Å²) in [5.74, 6) is 1.55. The van der Waals surface area contributed by atoms with Crippen LogP contribution >= 0.6 is 23.3 Å². The first-order chi connectivity index (χ1) is 15.6. The topological polar surface area (TPSA) is 67.2 Å². The number of aromatic nitrogens is 1. The Bertz CT molecular complexity index is 1120. The number of methoxy groups -OCH3 is 1. The molecule has 0 saturated carbocycles. The number of fused-ring (bicyclic) bond motifs is 1. The van der Waals surface area contributed by atoms with Gasteiger partial charge in [-0.15, -0.1) is 11.3 Å². The summed E-state index contributed by atoms with van der Waals surface area (Å²) in [6, 6.07) is 14.9. The van der Waals surface area contributed by atoms with Crippen LogP contribution in [0.15, 0.2) is 42.6 Å². The molecule has 166 valence electrons. The van der Waals surface area contributed by atoms with E-state index in [0.29, 0.717) is 17.4 Å². The van der Waals surface area contributed by atoms with E-state index in [1.807, 2.05) is 38.2 Å². The minimum atomic E-state index is 0.0243. The molecule has 0 spiro atoms. The summed E-state index contributed by atoms with van der Waals surface area (Å²) >= 11 is 3.39. The van der Waals surface area contributed by atoms with Crippen molar-refractivity contribution in [2.45, 2.75) is 38.8 Å². The molecule has 1 aromatic heterocycles. The summed E-state index contributed by atoms with van der Waals surface area (Å²) in [5, 5.41) is 10.5. The Morgan fingerprint density at radius 2 is 2.19 bits per heavy atom. The molecule has 1 atom stereocenters. The zero-order valence-corrected chi connectivity index (χ0v) is 20.2. The van der Waals surface area contributed by atoms with Gasteiger partial charge in [0.25, 0.3) is 0 Å². The second-order valence-corrected chi connectivity index (χ2v) is 9.91. The fourth-order valence-electron chi connectivity index (χ4n) is 3.93. The Morgan fingerprint density at radius 1 is 1.31 bits per heavy atom. The molecule has 1 aliphatic rings. The first kappa shape index (κ1) is 22.8. The first-order valence-corrected chi connectivity index (χ1v) is 12.6. The SMILES string of the molecule is COCCSNC1CCc2c(-c3cnc(-c4ccc(OC(C)C)c(C#N)c4)s3)cccc21. The molecule has 3 aromatic rings. The normalized spacial score (nSPS) is 15.0. The van der Waals surface area contributed by atoms with Crippen LogP contribution in [0.25, 0.3) is 21.0 Å². The minimum absolute atomic E-state index is 0.0243. The number of nitriles is 1. The Balaban J connectivity index is 1.56. The highest BCUT2D eigenvalue weighted by Gasteiger charge is 2.25. The van der Waals surface area contributed by atoms with Crippen molar-refractivity contribution in [2.24, 2.45) is 0 Å². The van der Waals surface area contributed by atoms with Crippen molar-refractivity contribution >= 4 is 23.3 Å². The second kappa shape index (κ2) is 10.5. The van der Waals surface area contributed by atoms with Gasteiger partial charge in [0.15, 0.2) is 0 Å². The predicted octanol–water partition coefficient (Wildman–Crippen LogP) is 6.01. The van der Waals surface area contributed by atoms with Gasteiger partial charge < -0.3 is 9.47 Å². The lowest BCUT2D eigenvalue weighted by Crippen LogP contribution is -2.12. The lowest BCUT2D eigenvalue weighted by Gasteiger charge is -2.14. The van der Waals surface area contributed by atoms with E-state index in [-0.39, 0.29) is 6.10 Å². The molecule has 0 aliphatic heterocycles. The molecule has 1 N–H and O–H groups in total. The van der Waals surface area contributed by atoms with E-state index in [1.165, 1.54) is 16.7 Å². The third-order valence-corrected chi connectivity index (χ3v) is 7.27. The Labute approximate surface area is 197 Å². The first-order valence-electron chi connectivity index (χ1n) is 10.8. The van der Waals surface area contributed by atoms with E-state index in [4.69, 9.17) is 9.47 Å². The fourth-order valence-corrected chi connectivity index (χ4v) is 5.71. The average molecular weight is 466 g/mol. The molecule has 32 heavy (non-hydrogen) atoms. The zero-order chi connectivity index (χ0) is 22.5. The van der Waals surface area contributed by atoms with Crippen molar-refractivity contribution in [1.29, 1.82) is 5.26 Å². The van der Waals surface area contributed by atoms with Crippen LogP contribution in [-0.2, 0) is 11.2 Å². The van der Waals surface area contributed by atoms with Gasteiger partial charge in [-0.05, 0) is 61.6 Å². The van der Waals surface area contributed by atoms with Crippen LogP contribution in [0.5, 0.6) is 5.75 Å². The monoisotopic (exact) mass is 465 g/mol. The van der Waals surface area contributed by atoms with Gasteiger partial charge in [-0.25, -0.2) is 4.98 Å². The smallest absolute Gasteiger partial charge is 0.137 e. The van der Waals surface area contributed by atoms with Crippen LogP contribution in [0.4, 0.5) is 0 Å². The third kappa shape index (κ3) is 5.00. The maximum absolute atomic E-state index is 9.55. The van der Waals surface area contributed by atoms with Crippen molar-refractivity contribution in [3.05, 3.63) is 59.3 Å². The fraction of sp³-hybridized carbons (Fsp3) is 0.360. The molecular formula is C25H27N3O2S2. The van der Waals surface area contributed by atoms with Crippen LogP contribution in [0.3, 0.4) is 0 Å². The number of rotatable bonds is 9. The van der Waals surface area contributed by atoms with Gasteiger partial charge in [0.05, 0.1) is 23.2 Å².